The highest BCUT2D eigenvalue weighted by Crippen LogP contribution is 2.29. The zero-order valence-electron chi connectivity index (χ0n) is 13.9. The normalized spacial score (nSPS) is 28.8. The Morgan fingerprint density at radius 1 is 1.04 bits per heavy atom. The second kappa shape index (κ2) is 7.62. The second-order valence-electron chi connectivity index (χ2n) is 7.16. The third-order valence-electron chi connectivity index (χ3n) is 5.59. The number of nitrogens with two attached hydrogens (primary N) is 1. The first kappa shape index (κ1) is 16.7. The Hall–Kier alpha value is -1.14. The summed E-state index contributed by atoms with van der Waals surface area (Å²) in [6.07, 6.45) is 9.15. The fourth-order valence-electron chi connectivity index (χ4n) is 4.45. The van der Waals surface area contributed by atoms with Gasteiger partial charge in [0.25, 0.3) is 0 Å². The molecule has 2 saturated carbocycles. The third-order valence-corrected chi connectivity index (χ3v) is 5.59. The molecule has 2 aliphatic carbocycles. The number of primary amides is 1. The predicted molar refractivity (Wildman–Crippen MR) is 86.7 cm³/mol. The number of fused-ring (bicyclic) bond motifs is 1. The predicted octanol–water partition coefficient (Wildman–Crippen LogP) is 0.886. The van der Waals surface area contributed by atoms with Gasteiger partial charge in [-0.25, -0.2) is 0 Å². The van der Waals surface area contributed by atoms with Crippen LogP contribution < -0.4 is 5.73 Å². The van der Waals surface area contributed by atoms with Gasteiger partial charge in [-0.3, -0.25) is 14.5 Å². The molecule has 1 saturated heterocycles. The van der Waals surface area contributed by atoms with E-state index in [1.165, 1.54) is 25.7 Å². The fraction of sp³-hybridized carbons (Fsp3) is 0.882. The van der Waals surface area contributed by atoms with Crippen molar-refractivity contribution in [1.29, 1.82) is 0 Å². The van der Waals surface area contributed by atoms with Crippen LogP contribution in [0.2, 0.25) is 0 Å². The van der Waals surface area contributed by atoms with E-state index in [4.69, 9.17) is 10.5 Å². The summed E-state index contributed by atoms with van der Waals surface area (Å²) in [4.78, 5) is 28.3. The molecule has 0 aromatic carbocycles. The molecule has 3 rings (SSSR count). The third kappa shape index (κ3) is 4.04. The topological polar surface area (TPSA) is 75.9 Å². The number of carbonyl (C=O) groups is 2. The van der Waals surface area contributed by atoms with Gasteiger partial charge in [0.2, 0.25) is 11.8 Å². The zero-order valence-corrected chi connectivity index (χ0v) is 13.9. The molecule has 1 aliphatic heterocycles. The SMILES string of the molecule is NC(=O)CN(CC(=O)N1CCO[C@H]2CCCC[C@H]21)C1CCCC1. The van der Waals surface area contributed by atoms with E-state index < -0.39 is 0 Å². The number of hydrogen-bond acceptors (Lipinski definition) is 4. The molecule has 0 radical (unpaired) electrons. The van der Waals surface area contributed by atoms with Crippen LogP contribution in [0, 0.1) is 0 Å². The van der Waals surface area contributed by atoms with Gasteiger partial charge in [-0.1, -0.05) is 25.7 Å². The van der Waals surface area contributed by atoms with Crippen LogP contribution in [0.4, 0.5) is 0 Å². The summed E-state index contributed by atoms with van der Waals surface area (Å²) in [5.74, 6) is -0.208. The molecular formula is C17H29N3O3. The van der Waals surface area contributed by atoms with Gasteiger partial charge < -0.3 is 15.4 Å². The number of ether oxygens (including phenoxy) is 1. The van der Waals surface area contributed by atoms with Gasteiger partial charge in [-0.15, -0.1) is 0 Å². The van der Waals surface area contributed by atoms with E-state index in [1.54, 1.807) is 0 Å². The van der Waals surface area contributed by atoms with Crippen molar-refractivity contribution in [2.75, 3.05) is 26.2 Å². The molecule has 2 N–H and O–H groups in total. The first-order chi connectivity index (χ1) is 11.1. The van der Waals surface area contributed by atoms with Crippen LogP contribution in [0.25, 0.3) is 0 Å². The minimum Gasteiger partial charge on any atom is -0.374 e. The number of rotatable bonds is 5. The average Bonchev–Trinajstić information content (AvgIpc) is 3.07. The Kier molecular flexibility index (Phi) is 5.54. The molecule has 0 bridgehead atoms. The molecule has 1 heterocycles. The van der Waals surface area contributed by atoms with Crippen molar-refractivity contribution in [3.8, 4) is 0 Å². The lowest BCUT2D eigenvalue weighted by Crippen LogP contribution is -2.57. The van der Waals surface area contributed by atoms with E-state index in [0.29, 0.717) is 25.7 Å². The molecular weight excluding hydrogens is 294 g/mol. The Labute approximate surface area is 138 Å². The summed E-state index contributed by atoms with van der Waals surface area (Å²) in [6, 6.07) is 0.554. The monoisotopic (exact) mass is 323 g/mol. The van der Waals surface area contributed by atoms with E-state index in [1.807, 2.05) is 9.80 Å². The maximum Gasteiger partial charge on any atom is 0.237 e. The summed E-state index contributed by atoms with van der Waals surface area (Å²) in [7, 11) is 0. The summed E-state index contributed by atoms with van der Waals surface area (Å²) in [6.45, 7) is 1.81. The lowest BCUT2D eigenvalue weighted by molar-refractivity contribution is -0.151. The van der Waals surface area contributed by atoms with Crippen molar-refractivity contribution in [2.24, 2.45) is 5.73 Å². The molecule has 2 atom stereocenters. The van der Waals surface area contributed by atoms with Crippen LogP contribution in [0.1, 0.15) is 51.4 Å². The standard InChI is InChI=1S/C17H29N3O3/c18-16(21)11-19(13-5-1-2-6-13)12-17(22)20-9-10-23-15-8-4-3-7-14(15)20/h13-15H,1-12H2,(H2,18,21)/t14-,15+/m1/s1. The molecule has 130 valence electrons. The smallest absolute Gasteiger partial charge is 0.237 e. The Morgan fingerprint density at radius 3 is 2.48 bits per heavy atom. The average molecular weight is 323 g/mol. The maximum atomic E-state index is 12.9. The summed E-state index contributed by atoms with van der Waals surface area (Å²) >= 11 is 0. The highest BCUT2D eigenvalue weighted by Gasteiger charge is 2.37. The molecule has 3 aliphatic rings. The van der Waals surface area contributed by atoms with Crippen molar-refractivity contribution in [3.63, 3.8) is 0 Å². The number of nitrogens with zero attached hydrogens (tertiary/aromatic N) is 2. The van der Waals surface area contributed by atoms with Gasteiger partial charge in [0, 0.05) is 12.6 Å². The van der Waals surface area contributed by atoms with E-state index >= 15 is 0 Å². The molecule has 3 fully saturated rings. The Morgan fingerprint density at radius 2 is 1.74 bits per heavy atom. The molecule has 23 heavy (non-hydrogen) atoms. The van der Waals surface area contributed by atoms with Crippen LogP contribution in [-0.4, -0.2) is 66.0 Å². The van der Waals surface area contributed by atoms with Crippen LogP contribution in [0.3, 0.4) is 0 Å². The lowest BCUT2D eigenvalue weighted by Gasteiger charge is -2.44. The fourth-order valence-corrected chi connectivity index (χ4v) is 4.45. The zero-order chi connectivity index (χ0) is 16.2. The van der Waals surface area contributed by atoms with Crippen molar-refractivity contribution >= 4 is 11.8 Å². The van der Waals surface area contributed by atoms with Gasteiger partial charge >= 0.3 is 0 Å². The van der Waals surface area contributed by atoms with E-state index in [-0.39, 0.29) is 30.5 Å². The molecule has 0 spiro atoms. The summed E-state index contributed by atoms with van der Waals surface area (Å²) in [5.41, 5.74) is 5.40. The maximum absolute atomic E-state index is 12.9. The molecule has 6 heteroatoms. The Bertz CT molecular complexity index is 435. The number of carbonyl (C=O) groups excluding carboxylic acids is 2. The number of morpholine rings is 1. The van der Waals surface area contributed by atoms with Crippen molar-refractivity contribution in [2.45, 2.75) is 69.6 Å². The number of hydrogen-bond donors (Lipinski definition) is 1. The van der Waals surface area contributed by atoms with Crippen molar-refractivity contribution in [1.82, 2.24) is 9.80 Å². The van der Waals surface area contributed by atoms with E-state index in [0.717, 1.165) is 25.7 Å². The summed E-state index contributed by atoms with van der Waals surface area (Å²) < 4.78 is 5.85. The van der Waals surface area contributed by atoms with Gasteiger partial charge in [-0.2, -0.15) is 0 Å². The van der Waals surface area contributed by atoms with Crippen LogP contribution in [0.15, 0.2) is 0 Å². The van der Waals surface area contributed by atoms with Crippen molar-refractivity contribution in [3.05, 3.63) is 0 Å². The molecule has 6 nitrogen and oxygen atoms in total. The second-order valence-corrected chi connectivity index (χ2v) is 7.16. The molecule has 0 aromatic heterocycles. The van der Waals surface area contributed by atoms with Crippen LogP contribution in [0.5, 0.6) is 0 Å². The van der Waals surface area contributed by atoms with Crippen LogP contribution in [-0.2, 0) is 14.3 Å². The quantitative estimate of drug-likeness (QED) is 0.815. The van der Waals surface area contributed by atoms with Gasteiger partial charge in [0.15, 0.2) is 0 Å². The Balaban J connectivity index is 1.63. The highest BCUT2D eigenvalue weighted by atomic mass is 16.5. The largest absolute Gasteiger partial charge is 0.374 e. The summed E-state index contributed by atoms with van der Waals surface area (Å²) in [5, 5.41) is 0. The number of amides is 2. The van der Waals surface area contributed by atoms with Gasteiger partial charge in [0.1, 0.15) is 0 Å². The van der Waals surface area contributed by atoms with E-state index in [2.05, 4.69) is 0 Å². The molecule has 0 unspecified atom stereocenters. The van der Waals surface area contributed by atoms with Gasteiger partial charge in [0.05, 0.1) is 31.8 Å². The molecule has 2 amide bonds. The first-order valence-corrected chi connectivity index (χ1v) is 9.08. The van der Waals surface area contributed by atoms with E-state index in [9.17, 15) is 9.59 Å². The highest BCUT2D eigenvalue weighted by molar-refractivity contribution is 5.81. The first-order valence-electron chi connectivity index (χ1n) is 9.08. The lowest BCUT2D eigenvalue weighted by atomic mass is 9.90. The van der Waals surface area contributed by atoms with Gasteiger partial charge in [-0.05, 0) is 25.7 Å². The van der Waals surface area contributed by atoms with Crippen LogP contribution >= 0.6 is 0 Å². The molecule has 0 aromatic rings. The van der Waals surface area contributed by atoms with Crippen molar-refractivity contribution < 1.29 is 14.3 Å². The minimum absolute atomic E-state index is 0.137. The minimum atomic E-state index is -0.345.